The number of carbonyl (C=O) groups is 1. The lowest BCUT2D eigenvalue weighted by atomic mass is 10.1. The molecule has 1 aliphatic carbocycles. The molecule has 1 aromatic heterocycles. The van der Waals surface area contributed by atoms with Crippen molar-refractivity contribution in [2.24, 2.45) is 0 Å². The molecule has 128 valence electrons. The fourth-order valence-electron chi connectivity index (χ4n) is 2.95. The molecule has 0 fully saturated rings. The highest BCUT2D eigenvalue weighted by Gasteiger charge is 2.18. The summed E-state index contributed by atoms with van der Waals surface area (Å²) in [6.45, 7) is 1.56. The number of aryl methyl sites for hydroxylation is 2. The molecule has 5 nitrogen and oxygen atoms in total. The molecule has 24 heavy (non-hydrogen) atoms. The van der Waals surface area contributed by atoms with E-state index in [1.54, 1.807) is 11.3 Å². The molecular weight excluding hydrogens is 322 g/mol. The van der Waals surface area contributed by atoms with Crippen molar-refractivity contribution in [1.82, 2.24) is 9.88 Å². The second-order valence-corrected chi connectivity index (χ2v) is 7.11. The van der Waals surface area contributed by atoms with Crippen LogP contribution in [0, 0.1) is 0 Å². The topological polar surface area (TPSA) is 65.5 Å². The lowest BCUT2D eigenvalue weighted by Crippen LogP contribution is -2.36. The van der Waals surface area contributed by atoms with Crippen molar-refractivity contribution < 1.29 is 9.90 Å². The predicted molar refractivity (Wildman–Crippen MR) is 96.4 cm³/mol. The summed E-state index contributed by atoms with van der Waals surface area (Å²) in [4.78, 5) is 20.0. The molecule has 0 aliphatic heterocycles. The summed E-state index contributed by atoms with van der Waals surface area (Å²) in [6.07, 6.45) is 4.14. The minimum absolute atomic E-state index is 0.0492. The van der Waals surface area contributed by atoms with Gasteiger partial charge in [0.15, 0.2) is 5.13 Å². The average molecular weight is 345 g/mol. The zero-order valence-electron chi connectivity index (χ0n) is 13.7. The van der Waals surface area contributed by atoms with Crippen LogP contribution in [0.4, 0.5) is 5.13 Å². The molecule has 3 rings (SSSR count). The number of thiazole rings is 1. The van der Waals surface area contributed by atoms with Gasteiger partial charge in [-0.25, -0.2) is 4.98 Å². The summed E-state index contributed by atoms with van der Waals surface area (Å²) in [5.74, 6) is -0.0658. The number of amides is 1. The summed E-state index contributed by atoms with van der Waals surface area (Å²) in [5.41, 5.74) is 2.38. The number of anilines is 1. The van der Waals surface area contributed by atoms with Gasteiger partial charge < -0.3 is 10.4 Å². The third-order valence-electron chi connectivity index (χ3n) is 4.18. The number of rotatable bonds is 8. The number of hydrogen-bond acceptors (Lipinski definition) is 5. The summed E-state index contributed by atoms with van der Waals surface area (Å²) < 4.78 is 0. The Hall–Kier alpha value is -1.76. The van der Waals surface area contributed by atoms with Gasteiger partial charge in [-0.15, -0.1) is 11.3 Å². The molecule has 2 N–H and O–H groups in total. The number of hydrogen-bond donors (Lipinski definition) is 2. The molecule has 0 radical (unpaired) electrons. The molecule has 1 aromatic carbocycles. The summed E-state index contributed by atoms with van der Waals surface area (Å²) in [6, 6.07) is 10.2. The van der Waals surface area contributed by atoms with Crippen LogP contribution in [-0.2, 0) is 24.1 Å². The molecule has 0 bridgehead atoms. The van der Waals surface area contributed by atoms with Crippen LogP contribution in [0.15, 0.2) is 30.3 Å². The number of nitrogens with zero attached hydrogens (tertiary/aromatic N) is 2. The monoisotopic (exact) mass is 345 g/mol. The number of carbonyl (C=O) groups excluding carboxylic acids is 1. The molecule has 1 heterocycles. The van der Waals surface area contributed by atoms with Crippen LogP contribution in [-0.4, -0.2) is 47.1 Å². The Labute approximate surface area is 146 Å². The van der Waals surface area contributed by atoms with E-state index in [1.165, 1.54) is 16.9 Å². The number of fused-ring (bicyclic) bond motifs is 1. The Morgan fingerprint density at radius 1 is 1.25 bits per heavy atom. The van der Waals surface area contributed by atoms with Gasteiger partial charge in [0.25, 0.3) is 0 Å². The molecule has 2 aromatic rings. The van der Waals surface area contributed by atoms with Crippen molar-refractivity contribution in [2.45, 2.75) is 25.7 Å². The molecule has 0 spiro atoms. The largest absolute Gasteiger partial charge is 0.395 e. The van der Waals surface area contributed by atoms with E-state index in [-0.39, 0.29) is 19.1 Å². The van der Waals surface area contributed by atoms with Crippen molar-refractivity contribution >= 4 is 22.4 Å². The maximum Gasteiger partial charge on any atom is 0.240 e. The standard InChI is InChI=1S/C18H23N3O2S/c22-12-11-21(10-9-14-5-2-1-3-6-14)13-17(23)20-18-19-15-7-4-8-16(15)24-18/h1-3,5-6,22H,4,7-13H2,(H,19,20,23). The van der Waals surface area contributed by atoms with Crippen LogP contribution in [0.3, 0.4) is 0 Å². The van der Waals surface area contributed by atoms with Crippen LogP contribution in [0.2, 0.25) is 0 Å². The van der Waals surface area contributed by atoms with Crippen molar-refractivity contribution in [2.75, 3.05) is 31.6 Å². The van der Waals surface area contributed by atoms with E-state index in [4.69, 9.17) is 0 Å². The van der Waals surface area contributed by atoms with Gasteiger partial charge in [0, 0.05) is 18.0 Å². The molecular formula is C18H23N3O2S. The van der Waals surface area contributed by atoms with Crippen LogP contribution < -0.4 is 5.32 Å². The van der Waals surface area contributed by atoms with Crippen LogP contribution in [0.5, 0.6) is 0 Å². The van der Waals surface area contributed by atoms with E-state index in [0.29, 0.717) is 11.7 Å². The normalized spacial score (nSPS) is 13.2. The summed E-state index contributed by atoms with van der Waals surface area (Å²) >= 11 is 1.59. The van der Waals surface area contributed by atoms with Gasteiger partial charge in [-0.05, 0) is 31.2 Å². The SMILES string of the molecule is O=C(CN(CCO)CCc1ccccc1)Nc1nc2c(s1)CCC2. The van der Waals surface area contributed by atoms with E-state index >= 15 is 0 Å². The van der Waals surface area contributed by atoms with Gasteiger partial charge in [-0.1, -0.05) is 30.3 Å². The van der Waals surface area contributed by atoms with Gasteiger partial charge >= 0.3 is 0 Å². The zero-order chi connectivity index (χ0) is 16.8. The highest BCUT2D eigenvalue weighted by Crippen LogP contribution is 2.30. The fourth-order valence-corrected chi connectivity index (χ4v) is 4.01. The Bertz CT molecular complexity index is 651. The molecule has 0 saturated carbocycles. The lowest BCUT2D eigenvalue weighted by molar-refractivity contribution is -0.117. The van der Waals surface area contributed by atoms with Gasteiger partial charge in [0.05, 0.1) is 18.8 Å². The maximum atomic E-state index is 12.3. The number of aliphatic hydroxyl groups excluding tert-OH is 1. The van der Waals surface area contributed by atoms with E-state index in [2.05, 4.69) is 22.4 Å². The molecule has 1 aliphatic rings. The quantitative estimate of drug-likeness (QED) is 0.769. The number of nitrogens with one attached hydrogen (secondary N) is 1. The third-order valence-corrected chi connectivity index (χ3v) is 5.26. The summed E-state index contributed by atoms with van der Waals surface area (Å²) in [5, 5.41) is 12.8. The zero-order valence-corrected chi connectivity index (χ0v) is 14.5. The Balaban J connectivity index is 1.51. The highest BCUT2D eigenvalue weighted by atomic mass is 32.1. The van der Waals surface area contributed by atoms with Gasteiger partial charge in [-0.2, -0.15) is 0 Å². The average Bonchev–Trinajstić information content (AvgIpc) is 3.15. The molecule has 6 heteroatoms. The van der Waals surface area contributed by atoms with Gasteiger partial charge in [0.2, 0.25) is 5.91 Å². The van der Waals surface area contributed by atoms with Crippen molar-refractivity contribution in [3.05, 3.63) is 46.5 Å². The van der Waals surface area contributed by atoms with E-state index in [9.17, 15) is 9.90 Å². The second kappa shape index (κ2) is 8.37. The smallest absolute Gasteiger partial charge is 0.240 e. The summed E-state index contributed by atoms with van der Waals surface area (Å²) in [7, 11) is 0. The van der Waals surface area contributed by atoms with Gasteiger partial charge in [0.1, 0.15) is 0 Å². The first-order valence-corrected chi connectivity index (χ1v) is 9.22. The first kappa shape index (κ1) is 17.1. The Kier molecular flexibility index (Phi) is 5.96. The molecule has 1 amide bonds. The van der Waals surface area contributed by atoms with Crippen molar-refractivity contribution in [1.29, 1.82) is 0 Å². The highest BCUT2D eigenvalue weighted by molar-refractivity contribution is 7.15. The van der Waals surface area contributed by atoms with Crippen LogP contribution in [0.1, 0.15) is 22.6 Å². The lowest BCUT2D eigenvalue weighted by Gasteiger charge is -2.20. The number of aliphatic hydroxyl groups is 1. The number of aromatic nitrogens is 1. The first-order valence-electron chi connectivity index (χ1n) is 8.40. The molecule has 0 saturated heterocycles. The maximum absolute atomic E-state index is 12.3. The van der Waals surface area contributed by atoms with E-state index < -0.39 is 0 Å². The molecule has 0 atom stereocenters. The first-order chi connectivity index (χ1) is 11.7. The van der Waals surface area contributed by atoms with Gasteiger partial charge in [-0.3, -0.25) is 9.69 Å². The Morgan fingerprint density at radius 3 is 2.83 bits per heavy atom. The van der Waals surface area contributed by atoms with E-state index in [1.807, 2.05) is 23.1 Å². The Morgan fingerprint density at radius 2 is 2.08 bits per heavy atom. The third kappa shape index (κ3) is 4.63. The minimum atomic E-state index is -0.0658. The van der Waals surface area contributed by atoms with Crippen molar-refractivity contribution in [3.8, 4) is 0 Å². The fraction of sp³-hybridized carbons (Fsp3) is 0.444. The minimum Gasteiger partial charge on any atom is -0.395 e. The molecule has 0 unspecified atom stereocenters. The van der Waals surface area contributed by atoms with E-state index in [0.717, 1.165) is 31.5 Å². The van der Waals surface area contributed by atoms with Crippen molar-refractivity contribution in [3.63, 3.8) is 0 Å². The number of benzene rings is 1. The predicted octanol–water partition coefficient (Wildman–Crippen LogP) is 2.11. The van der Waals surface area contributed by atoms with Crippen LogP contribution >= 0.6 is 11.3 Å². The van der Waals surface area contributed by atoms with Crippen LogP contribution in [0.25, 0.3) is 0 Å². The second-order valence-electron chi connectivity index (χ2n) is 6.03.